The van der Waals surface area contributed by atoms with Crippen molar-refractivity contribution in [2.75, 3.05) is 17.2 Å². The highest BCUT2D eigenvalue weighted by Crippen LogP contribution is 2.41. The molecule has 11 heteroatoms. The third-order valence-corrected chi connectivity index (χ3v) is 11.7. The van der Waals surface area contributed by atoms with Gasteiger partial charge in [0.05, 0.1) is 12.2 Å². The number of nitrogens with one attached hydrogen (secondary N) is 3. The molecule has 6 rings (SSSR count). The van der Waals surface area contributed by atoms with E-state index in [1.54, 1.807) is 55.5 Å². The number of ether oxygens (including phenoxy) is 1. The van der Waals surface area contributed by atoms with E-state index in [1.165, 1.54) is 23.1 Å². The number of hydrogen-bond acceptors (Lipinski definition) is 7. The molecule has 0 fully saturated rings. The van der Waals surface area contributed by atoms with Gasteiger partial charge in [0, 0.05) is 25.5 Å². The van der Waals surface area contributed by atoms with Crippen molar-refractivity contribution in [1.29, 1.82) is 0 Å². The largest absolute Gasteiger partial charge is 0.462 e. The van der Waals surface area contributed by atoms with Gasteiger partial charge >= 0.3 is 5.97 Å². The van der Waals surface area contributed by atoms with Crippen molar-refractivity contribution in [1.82, 2.24) is 5.32 Å². The smallest absolute Gasteiger partial charge is 0.341 e. The van der Waals surface area contributed by atoms with Gasteiger partial charge in [0.1, 0.15) is 15.9 Å². The predicted octanol–water partition coefficient (Wildman–Crippen LogP) is 10.2. The van der Waals surface area contributed by atoms with Gasteiger partial charge < -0.3 is 20.7 Å². The summed E-state index contributed by atoms with van der Waals surface area (Å²) in [5.74, 6) is -1.62. The van der Waals surface area contributed by atoms with Crippen molar-refractivity contribution in [3.05, 3.63) is 152 Å². The zero-order chi connectivity index (χ0) is 37.9. The average Bonchev–Trinajstić information content (AvgIpc) is 3.49. The van der Waals surface area contributed by atoms with Crippen LogP contribution in [0, 0.1) is 0 Å². The molecule has 3 N–H and O–H groups in total. The van der Waals surface area contributed by atoms with Crippen LogP contribution < -0.4 is 16.0 Å². The van der Waals surface area contributed by atoms with Crippen LogP contribution in [0.2, 0.25) is 0 Å². The van der Waals surface area contributed by atoms with Crippen LogP contribution in [0.1, 0.15) is 80.1 Å². The lowest BCUT2D eigenvalue weighted by Crippen LogP contribution is -2.30. The second-order valence-corrected chi connectivity index (χ2v) is 15.9. The Labute approximate surface area is 331 Å². The first kappa shape index (κ1) is 38.7. The number of carbonyl (C=O) groups excluding carboxylic acids is 4. The number of hydrogen-bond donors (Lipinski definition) is 3. The van der Waals surface area contributed by atoms with Crippen molar-refractivity contribution in [3.63, 3.8) is 0 Å². The maximum atomic E-state index is 14.3. The summed E-state index contributed by atoms with van der Waals surface area (Å²) in [6.45, 7) is 2.03. The van der Waals surface area contributed by atoms with Crippen LogP contribution in [0.15, 0.2) is 124 Å². The molecule has 3 amide bonds. The lowest BCUT2D eigenvalue weighted by molar-refractivity contribution is -0.116. The van der Waals surface area contributed by atoms with Gasteiger partial charge in [-0.1, -0.05) is 95.5 Å². The van der Waals surface area contributed by atoms with E-state index in [0.29, 0.717) is 27.4 Å². The van der Waals surface area contributed by atoms with Crippen molar-refractivity contribution in [3.8, 4) is 0 Å². The van der Waals surface area contributed by atoms with Gasteiger partial charge in [0.25, 0.3) is 11.8 Å². The number of benzene rings is 4. The highest BCUT2D eigenvalue weighted by atomic mass is 79.9. The summed E-state index contributed by atoms with van der Waals surface area (Å²) in [6.07, 6.45) is 7.54. The van der Waals surface area contributed by atoms with Crippen LogP contribution in [0.3, 0.4) is 0 Å². The summed E-state index contributed by atoms with van der Waals surface area (Å²) in [7, 11) is 0. The summed E-state index contributed by atoms with van der Waals surface area (Å²) in [4.78, 5) is 56.4. The summed E-state index contributed by atoms with van der Waals surface area (Å²) < 4.78 is 6.31. The lowest BCUT2D eigenvalue weighted by atomic mass is 9.96. The maximum absolute atomic E-state index is 14.3. The second-order valence-electron chi connectivity index (χ2n) is 12.7. The minimum Gasteiger partial charge on any atom is -0.462 e. The monoisotopic (exact) mass is 821 g/mol. The molecule has 54 heavy (non-hydrogen) atoms. The summed E-state index contributed by atoms with van der Waals surface area (Å²) >= 11 is 6.28. The Balaban J connectivity index is 1.25. The van der Waals surface area contributed by atoms with Gasteiger partial charge in [0.2, 0.25) is 5.91 Å². The van der Waals surface area contributed by atoms with Gasteiger partial charge in [-0.3, -0.25) is 14.4 Å². The number of thioether (sulfide) groups is 1. The number of halogens is 1. The van der Waals surface area contributed by atoms with Crippen molar-refractivity contribution >= 4 is 79.5 Å². The zero-order valence-electron chi connectivity index (χ0n) is 29.7. The van der Waals surface area contributed by atoms with Gasteiger partial charge in [-0.2, -0.15) is 0 Å². The summed E-state index contributed by atoms with van der Waals surface area (Å²) in [5.41, 5.74) is 3.92. The fourth-order valence-corrected chi connectivity index (χ4v) is 8.97. The van der Waals surface area contributed by atoms with Crippen molar-refractivity contribution in [2.24, 2.45) is 0 Å². The number of fused-ring (bicyclic) bond motifs is 1. The Morgan fingerprint density at radius 2 is 1.56 bits per heavy atom. The molecule has 0 spiro atoms. The Morgan fingerprint density at radius 1 is 0.833 bits per heavy atom. The first-order valence-corrected chi connectivity index (χ1v) is 20.4. The first-order valence-electron chi connectivity index (χ1n) is 17.9. The molecule has 0 saturated heterocycles. The number of thiophene rings is 1. The molecule has 276 valence electrons. The van der Waals surface area contributed by atoms with E-state index in [4.69, 9.17) is 4.74 Å². The van der Waals surface area contributed by atoms with Gasteiger partial charge in [-0.15, -0.1) is 23.1 Å². The number of carbonyl (C=O) groups is 4. The fraction of sp³-hybridized carbons (Fsp3) is 0.209. The number of esters is 1. The van der Waals surface area contributed by atoms with E-state index in [1.807, 2.05) is 66.7 Å². The lowest BCUT2D eigenvalue weighted by Gasteiger charge is -2.18. The topological polar surface area (TPSA) is 114 Å². The van der Waals surface area contributed by atoms with Crippen LogP contribution in [0.5, 0.6) is 0 Å². The van der Waals surface area contributed by atoms with E-state index in [0.717, 1.165) is 63.9 Å². The molecule has 1 aliphatic carbocycles. The van der Waals surface area contributed by atoms with E-state index >= 15 is 0 Å². The van der Waals surface area contributed by atoms with Crippen molar-refractivity contribution in [2.45, 2.75) is 55.6 Å². The highest BCUT2D eigenvalue weighted by molar-refractivity contribution is 9.10. The van der Waals surface area contributed by atoms with Crippen LogP contribution in [0.4, 0.5) is 10.7 Å². The number of aryl methyl sites for hydroxylation is 1. The number of anilines is 2. The molecule has 0 aliphatic heterocycles. The Morgan fingerprint density at radius 3 is 2.30 bits per heavy atom. The molecular weight excluding hydrogens is 783 g/mol. The third-order valence-electron chi connectivity index (χ3n) is 8.76. The Hall–Kier alpha value is -4.97. The Kier molecular flexibility index (Phi) is 13.5. The van der Waals surface area contributed by atoms with E-state index < -0.39 is 23.0 Å². The van der Waals surface area contributed by atoms with Gasteiger partial charge in [0.15, 0.2) is 0 Å². The van der Waals surface area contributed by atoms with Gasteiger partial charge in [-0.05, 0) is 97.8 Å². The normalized spacial score (nSPS) is 13.4. The van der Waals surface area contributed by atoms with Crippen LogP contribution >= 0.6 is 39.0 Å². The molecule has 0 saturated carbocycles. The quantitative estimate of drug-likeness (QED) is 0.0656. The van der Waals surface area contributed by atoms with Crippen molar-refractivity contribution < 1.29 is 23.9 Å². The summed E-state index contributed by atoms with van der Waals surface area (Å²) in [5, 5.41) is 8.67. The number of rotatable bonds is 12. The molecule has 0 bridgehead atoms. The molecule has 0 radical (unpaired) electrons. The molecule has 1 aliphatic rings. The Bertz CT molecular complexity index is 2150. The number of amides is 3. The SMILES string of the molecule is CCOC(=O)c1c(NC(=O)C(Sc2cccc(NC(=O)/C(=C\c3cccc(Br)c3)NC(=O)c3ccccc3)c2)c2ccccc2)sc2c1CCCCCC2. The minimum atomic E-state index is -0.686. The van der Waals surface area contributed by atoms with E-state index in [9.17, 15) is 19.2 Å². The van der Waals surface area contributed by atoms with Crippen LogP contribution in [-0.4, -0.2) is 30.3 Å². The maximum Gasteiger partial charge on any atom is 0.341 e. The molecule has 8 nitrogen and oxygen atoms in total. The summed E-state index contributed by atoms with van der Waals surface area (Å²) in [6, 6.07) is 32.8. The third kappa shape index (κ3) is 10.2. The fourth-order valence-electron chi connectivity index (χ4n) is 6.19. The van der Waals surface area contributed by atoms with E-state index in [2.05, 4.69) is 31.9 Å². The molecular formula is C43H40BrN3O5S2. The molecule has 5 aromatic rings. The predicted molar refractivity (Wildman–Crippen MR) is 221 cm³/mol. The first-order chi connectivity index (χ1) is 26.3. The van der Waals surface area contributed by atoms with Crippen LogP contribution in [0.25, 0.3) is 6.08 Å². The second kappa shape index (κ2) is 18.9. The zero-order valence-corrected chi connectivity index (χ0v) is 33.0. The standard InChI is InChI=1S/C43H40BrN3O5S2/c1-2-52-43(51)37-34-23-11-3-4-12-24-36(34)54-42(37)47-41(50)38(29-16-7-5-8-17-29)53-33-22-14-21-32(27-33)45-40(49)35(26-28-15-13-20-31(44)25-28)46-39(48)30-18-9-6-10-19-30/h5-10,13-22,25-27,38H,2-4,11-12,23-24H2,1H3,(H,45,49)(H,46,48)(H,47,50)/b35-26+. The van der Waals surface area contributed by atoms with Crippen LogP contribution in [-0.2, 0) is 27.2 Å². The van der Waals surface area contributed by atoms with Gasteiger partial charge in [-0.25, -0.2) is 4.79 Å². The average molecular weight is 823 g/mol. The molecule has 1 aromatic heterocycles. The molecule has 1 heterocycles. The molecule has 1 unspecified atom stereocenters. The molecule has 1 atom stereocenters. The minimum absolute atomic E-state index is 0.0593. The molecule has 4 aromatic carbocycles. The highest BCUT2D eigenvalue weighted by Gasteiger charge is 2.29. The van der Waals surface area contributed by atoms with E-state index in [-0.39, 0.29) is 18.2 Å².